The molecule has 8 heteroatoms. The van der Waals surface area contributed by atoms with Gasteiger partial charge >= 0.3 is 0 Å². The summed E-state index contributed by atoms with van der Waals surface area (Å²) in [5, 5.41) is 5.33. The summed E-state index contributed by atoms with van der Waals surface area (Å²) in [6, 6.07) is 5.23. The summed E-state index contributed by atoms with van der Waals surface area (Å²) < 4.78 is 6.68. The topological polar surface area (TPSA) is 60.2 Å². The van der Waals surface area contributed by atoms with Gasteiger partial charge in [-0.3, -0.25) is 4.79 Å². The molecule has 0 saturated carbocycles. The predicted octanol–water partition coefficient (Wildman–Crippen LogP) is 4.03. The molecule has 0 unspecified atom stereocenters. The smallest absolute Gasteiger partial charge is 0.293 e. The molecule has 0 aliphatic rings. The first-order valence-corrected chi connectivity index (χ1v) is 9.47. The molecule has 6 nitrogen and oxygen atoms in total. The van der Waals surface area contributed by atoms with Crippen LogP contribution in [-0.2, 0) is 11.2 Å². The van der Waals surface area contributed by atoms with Gasteiger partial charge in [-0.25, -0.2) is 9.67 Å². The van der Waals surface area contributed by atoms with Crippen LogP contribution in [0.4, 0.5) is 0 Å². The third-order valence-electron chi connectivity index (χ3n) is 3.97. The number of aromatic nitrogens is 3. The Balaban J connectivity index is 2.38. The molecule has 26 heavy (non-hydrogen) atoms. The molecule has 1 amide bonds. The highest BCUT2D eigenvalue weighted by atomic mass is 35.5. The van der Waals surface area contributed by atoms with Crippen LogP contribution in [0.3, 0.4) is 0 Å². The van der Waals surface area contributed by atoms with Crippen molar-refractivity contribution >= 4 is 29.1 Å². The summed E-state index contributed by atoms with van der Waals surface area (Å²) in [5.41, 5.74) is 0.538. The number of carbonyl (C=O) groups is 1. The maximum absolute atomic E-state index is 12.9. The molecule has 0 bridgehead atoms. The first-order chi connectivity index (χ1) is 12.5. The van der Waals surface area contributed by atoms with E-state index in [0.29, 0.717) is 47.7 Å². The standard InChI is InChI=1S/C18H24Cl2N4O2/c1-4-6-10-23(11-12-26-3)18(25)17-21-15(5-2)24(22-17)16-13(19)8-7-9-14(16)20/h7-9H,4-6,10-12H2,1-3H3. The second-order valence-corrected chi connectivity index (χ2v) is 6.64. The fourth-order valence-electron chi connectivity index (χ4n) is 2.54. The van der Waals surface area contributed by atoms with Crippen molar-refractivity contribution in [1.29, 1.82) is 0 Å². The average molecular weight is 399 g/mol. The zero-order valence-corrected chi connectivity index (χ0v) is 16.8. The SMILES string of the molecule is CCCCN(CCOC)C(=O)c1nc(CC)n(-c2c(Cl)cccc2Cl)n1. The minimum Gasteiger partial charge on any atom is -0.383 e. The van der Waals surface area contributed by atoms with Crippen LogP contribution in [0.25, 0.3) is 5.69 Å². The van der Waals surface area contributed by atoms with Gasteiger partial charge in [0.25, 0.3) is 5.91 Å². The van der Waals surface area contributed by atoms with Crippen LogP contribution in [0.1, 0.15) is 43.1 Å². The van der Waals surface area contributed by atoms with E-state index in [0.717, 1.165) is 12.8 Å². The number of aryl methyl sites for hydroxylation is 1. The number of methoxy groups -OCH3 is 1. The van der Waals surface area contributed by atoms with Crippen LogP contribution in [0, 0.1) is 0 Å². The van der Waals surface area contributed by atoms with E-state index in [1.54, 1.807) is 34.9 Å². The Morgan fingerprint density at radius 2 is 1.92 bits per heavy atom. The third-order valence-corrected chi connectivity index (χ3v) is 4.58. The molecule has 1 aromatic carbocycles. The van der Waals surface area contributed by atoms with Gasteiger partial charge in [0.15, 0.2) is 0 Å². The van der Waals surface area contributed by atoms with Gasteiger partial charge in [-0.2, -0.15) is 0 Å². The van der Waals surface area contributed by atoms with Gasteiger partial charge < -0.3 is 9.64 Å². The largest absolute Gasteiger partial charge is 0.383 e. The van der Waals surface area contributed by atoms with Crippen LogP contribution in [0.15, 0.2) is 18.2 Å². The molecule has 1 aromatic heterocycles. The second-order valence-electron chi connectivity index (χ2n) is 5.83. The number of unbranched alkanes of at least 4 members (excludes halogenated alkanes) is 1. The number of ether oxygens (including phenoxy) is 1. The predicted molar refractivity (Wildman–Crippen MR) is 103 cm³/mol. The molecule has 2 rings (SSSR count). The van der Waals surface area contributed by atoms with E-state index in [4.69, 9.17) is 27.9 Å². The minimum atomic E-state index is -0.216. The van der Waals surface area contributed by atoms with E-state index in [-0.39, 0.29) is 11.7 Å². The number of hydrogen-bond acceptors (Lipinski definition) is 4. The molecule has 0 N–H and O–H groups in total. The number of para-hydroxylation sites is 1. The first-order valence-electron chi connectivity index (χ1n) is 8.71. The summed E-state index contributed by atoms with van der Waals surface area (Å²) in [6.45, 7) is 5.63. The van der Waals surface area contributed by atoms with E-state index in [1.807, 2.05) is 6.92 Å². The Hall–Kier alpha value is -1.63. The number of hydrogen-bond donors (Lipinski definition) is 0. The van der Waals surface area contributed by atoms with Gasteiger partial charge in [0.2, 0.25) is 5.82 Å². The summed E-state index contributed by atoms with van der Waals surface area (Å²) in [7, 11) is 1.62. The molecule has 2 aromatic rings. The first kappa shape index (κ1) is 20.7. The Morgan fingerprint density at radius 3 is 2.50 bits per heavy atom. The zero-order valence-electron chi connectivity index (χ0n) is 15.3. The minimum absolute atomic E-state index is 0.144. The quantitative estimate of drug-likeness (QED) is 0.639. The molecular formula is C18H24Cl2N4O2. The molecule has 0 fully saturated rings. The monoisotopic (exact) mass is 398 g/mol. The summed E-state index contributed by atoms with van der Waals surface area (Å²) in [6.07, 6.45) is 2.50. The highest BCUT2D eigenvalue weighted by Gasteiger charge is 2.23. The van der Waals surface area contributed by atoms with E-state index in [2.05, 4.69) is 17.0 Å². The van der Waals surface area contributed by atoms with Crippen molar-refractivity contribution in [3.05, 3.63) is 39.9 Å². The van der Waals surface area contributed by atoms with Crippen LogP contribution >= 0.6 is 23.2 Å². The second kappa shape index (κ2) is 9.90. The molecule has 1 heterocycles. The third kappa shape index (κ3) is 4.75. The molecule has 0 atom stereocenters. The van der Waals surface area contributed by atoms with E-state index >= 15 is 0 Å². The molecule has 0 spiro atoms. The van der Waals surface area contributed by atoms with Gasteiger partial charge in [0, 0.05) is 26.6 Å². The van der Waals surface area contributed by atoms with Crippen molar-refractivity contribution in [3.63, 3.8) is 0 Å². The lowest BCUT2D eigenvalue weighted by atomic mass is 10.3. The fraction of sp³-hybridized carbons (Fsp3) is 0.500. The van der Waals surface area contributed by atoms with E-state index in [1.165, 1.54) is 0 Å². The number of benzene rings is 1. The van der Waals surface area contributed by atoms with Crippen LogP contribution in [0.5, 0.6) is 0 Å². The molecule has 142 valence electrons. The number of halogens is 2. The van der Waals surface area contributed by atoms with Crippen molar-refractivity contribution in [2.24, 2.45) is 0 Å². The van der Waals surface area contributed by atoms with Crippen molar-refractivity contribution < 1.29 is 9.53 Å². The van der Waals surface area contributed by atoms with Crippen molar-refractivity contribution in [3.8, 4) is 5.69 Å². The highest BCUT2D eigenvalue weighted by Crippen LogP contribution is 2.28. The molecule has 0 aliphatic heterocycles. The lowest BCUT2D eigenvalue weighted by molar-refractivity contribution is 0.0681. The molecule has 0 saturated heterocycles. The van der Waals surface area contributed by atoms with E-state index < -0.39 is 0 Å². The Labute approximate surface area is 164 Å². The Kier molecular flexibility index (Phi) is 7.87. The van der Waals surface area contributed by atoms with Crippen molar-refractivity contribution in [1.82, 2.24) is 19.7 Å². The lowest BCUT2D eigenvalue weighted by Crippen LogP contribution is -2.35. The van der Waals surface area contributed by atoms with Crippen molar-refractivity contribution in [2.45, 2.75) is 33.1 Å². The summed E-state index contributed by atoms with van der Waals surface area (Å²) in [5.74, 6) is 0.558. The maximum atomic E-state index is 12.9. The zero-order chi connectivity index (χ0) is 19.1. The summed E-state index contributed by atoms with van der Waals surface area (Å²) >= 11 is 12.6. The number of nitrogens with zero attached hydrogens (tertiary/aromatic N) is 4. The van der Waals surface area contributed by atoms with E-state index in [9.17, 15) is 4.79 Å². The Bertz CT molecular complexity index is 721. The van der Waals surface area contributed by atoms with Gasteiger partial charge in [0.1, 0.15) is 11.5 Å². The number of carbonyl (C=O) groups excluding carboxylic acids is 1. The number of rotatable bonds is 9. The van der Waals surface area contributed by atoms with Crippen LogP contribution < -0.4 is 0 Å². The molecule has 0 radical (unpaired) electrons. The average Bonchev–Trinajstić information content (AvgIpc) is 3.05. The van der Waals surface area contributed by atoms with Gasteiger partial charge in [-0.1, -0.05) is 49.5 Å². The van der Waals surface area contributed by atoms with Gasteiger partial charge in [-0.15, -0.1) is 5.10 Å². The lowest BCUT2D eigenvalue weighted by Gasteiger charge is -2.20. The summed E-state index contributed by atoms with van der Waals surface area (Å²) in [4.78, 5) is 19.1. The maximum Gasteiger partial charge on any atom is 0.293 e. The normalized spacial score (nSPS) is 11.0. The van der Waals surface area contributed by atoms with Crippen LogP contribution in [0.2, 0.25) is 10.0 Å². The molecular weight excluding hydrogens is 375 g/mol. The van der Waals surface area contributed by atoms with Crippen molar-refractivity contribution in [2.75, 3.05) is 26.8 Å². The van der Waals surface area contributed by atoms with Gasteiger partial charge in [0.05, 0.1) is 16.7 Å². The molecule has 0 aliphatic carbocycles. The Morgan fingerprint density at radius 1 is 1.23 bits per heavy atom. The van der Waals surface area contributed by atoms with Gasteiger partial charge in [-0.05, 0) is 18.6 Å². The van der Waals surface area contributed by atoms with Crippen LogP contribution in [-0.4, -0.2) is 52.4 Å². The fourth-order valence-corrected chi connectivity index (χ4v) is 3.10. The highest BCUT2D eigenvalue weighted by molar-refractivity contribution is 6.37. The number of amides is 1.